The quantitative estimate of drug-likeness (QED) is 0.573. The van der Waals surface area contributed by atoms with Gasteiger partial charge in [0.15, 0.2) is 0 Å². The smallest absolute Gasteiger partial charge is 0.545 e. The molecule has 1 aromatic carbocycles. The number of benzene rings is 1. The summed E-state index contributed by atoms with van der Waals surface area (Å²) in [6, 6.07) is 5.14. The van der Waals surface area contributed by atoms with Gasteiger partial charge in [0.1, 0.15) is 0 Å². The van der Waals surface area contributed by atoms with E-state index in [9.17, 15) is 19.8 Å². The van der Waals surface area contributed by atoms with Gasteiger partial charge < -0.3 is 19.8 Å². The zero-order valence-electron chi connectivity index (χ0n) is 6.65. The predicted molar refractivity (Wildman–Crippen MR) is 35.1 cm³/mol. The fourth-order valence-corrected chi connectivity index (χ4v) is 0.839. The van der Waals surface area contributed by atoms with Crippen molar-refractivity contribution >= 4 is 11.9 Å². The van der Waals surface area contributed by atoms with Gasteiger partial charge in [-0.3, -0.25) is 0 Å². The molecule has 1 aromatic rings. The Labute approximate surface area is 87.0 Å². The average Bonchev–Trinajstić information content (AvgIpc) is 2.04. The predicted octanol–water partition coefficient (Wildman–Crippen LogP) is -1.59. The second-order valence-corrected chi connectivity index (χ2v) is 2.12. The van der Waals surface area contributed by atoms with Gasteiger partial charge in [0.2, 0.25) is 0 Å². The van der Waals surface area contributed by atoms with Gasteiger partial charge in [-0.15, -0.1) is 0 Å². The Morgan fingerprint density at radius 2 is 1.23 bits per heavy atom. The first kappa shape index (κ1) is 11.8. The standard InChI is InChI=1S/C8H6O4.Zn/c9-7(10)5-3-1-2-4-6(5)8(11)12;/h1-4H,(H,9,10)(H,11,12);/q;+2/p-2. The first-order valence-electron chi connectivity index (χ1n) is 3.14. The van der Waals surface area contributed by atoms with Crippen molar-refractivity contribution in [2.24, 2.45) is 0 Å². The van der Waals surface area contributed by atoms with Gasteiger partial charge in [-0.05, 0) is 0 Å². The van der Waals surface area contributed by atoms with Crippen LogP contribution in [0.3, 0.4) is 0 Å². The van der Waals surface area contributed by atoms with Crippen molar-refractivity contribution in [1.29, 1.82) is 0 Å². The van der Waals surface area contributed by atoms with Crippen LogP contribution in [-0.4, -0.2) is 11.9 Å². The number of rotatable bonds is 2. The third kappa shape index (κ3) is 2.63. The van der Waals surface area contributed by atoms with E-state index in [2.05, 4.69) is 0 Å². The fourth-order valence-electron chi connectivity index (χ4n) is 0.839. The van der Waals surface area contributed by atoms with Crippen LogP contribution in [0.25, 0.3) is 0 Å². The van der Waals surface area contributed by atoms with Gasteiger partial charge in [0, 0.05) is 11.1 Å². The maximum atomic E-state index is 10.3. The molecular formula is C8H4O4Zn. The molecule has 0 saturated heterocycles. The minimum absolute atomic E-state index is 0. The molecular weight excluding hydrogens is 225 g/mol. The van der Waals surface area contributed by atoms with Crippen molar-refractivity contribution in [2.45, 2.75) is 0 Å². The Balaban J connectivity index is 0.00000144. The van der Waals surface area contributed by atoms with Crippen molar-refractivity contribution in [1.82, 2.24) is 0 Å². The normalized spacial score (nSPS) is 8.62. The molecule has 0 fully saturated rings. The molecule has 0 amide bonds. The SMILES string of the molecule is O=C([O-])c1ccccc1C(=O)[O-].[Zn+2]. The van der Waals surface area contributed by atoms with Crippen molar-refractivity contribution in [3.63, 3.8) is 0 Å². The molecule has 0 radical (unpaired) electrons. The van der Waals surface area contributed by atoms with E-state index in [4.69, 9.17) is 0 Å². The number of carboxylic acid groups (broad SMARTS) is 2. The number of carboxylic acids is 2. The van der Waals surface area contributed by atoms with E-state index in [0.717, 1.165) is 12.1 Å². The molecule has 0 aromatic heterocycles. The number of hydrogen-bond acceptors (Lipinski definition) is 4. The van der Waals surface area contributed by atoms with Crippen LogP contribution in [0.2, 0.25) is 0 Å². The molecule has 0 saturated carbocycles. The van der Waals surface area contributed by atoms with Crippen LogP contribution < -0.4 is 10.2 Å². The molecule has 4 nitrogen and oxygen atoms in total. The Morgan fingerprint density at radius 3 is 1.46 bits per heavy atom. The van der Waals surface area contributed by atoms with E-state index in [1.165, 1.54) is 12.1 Å². The second-order valence-electron chi connectivity index (χ2n) is 2.12. The third-order valence-corrected chi connectivity index (χ3v) is 1.37. The fraction of sp³-hybridized carbons (Fsp3) is 0. The molecule has 0 aliphatic rings. The van der Waals surface area contributed by atoms with Crippen LogP contribution in [0, 0.1) is 0 Å². The van der Waals surface area contributed by atoms with Crippen molar-refractivity contribution in [3.05, 3.63) is 35.4 Å². The minimum Gasteiger partial charge on any atom is -0.545 e. The van der Waals surface area contributed by atoms with E-state index in [1.54, 1.807) is 0 Å². The summed E-state index contributed by atoms with van der Waals surface area (Å²) in [4.78, 5) is 20.6. The molecule has 0 N–H and O–H groups in total. The van der Waals surface area contributed by atoms with Gasteiger partial charge in [-0.1, -0.05) is 24.3 Å². The number of carbonyl (C=O) groups is 2. The van der Waals surface area contributed by atoms with E-state index in [-0.39, 0.29) is 30.6 Å². The molecule has 0 bridgehead atoms. The van der Waals surface area contributed by atoms with Gasteiger partial charge in [-0.2, -0.15) is 0 Å². The van der Waals surface area contributed by atoms with E-state index >= 15 is 0 Å². The number of hydrogen-bond donors (Lipinski definition) is 0. The maximum absolute atomic E-state index is 10.3. The third-order valence-electron chi connectivity index (χ3n) is 1.37. The van der Waals surface area contributed by atoms with Gasteiger partial charge >= 0.3 is 19.5 Å². The largest absolute Gasteiger partial charge is 2.00 e. The van der Waals surface area contributed by atoms with Gasteiger partial charge in [-0.25, -0.2) is 0 Å². The van der Waals surface area contributed by atoms with Crippen LogP contribution in [-0.2, 0) is 19.5 Å². The van der Waals surface area contributed by atoms with Crippen LogP contribution in [0.4, 0.5) is 0 Å². The first-order chi connectivity index (χ1) is 5.63. The van der Waals surface area contributed by atoms with Crippen LogP contribution >= 0.6 is 0 Å². The van der Waals surface area contributed by atoms with E-state index in [0.29, 0.717) is 0 Å². The van der Waals surface area contributed by atoms with Gasteiger partial charge in [0.25, 0.3) is 0 Å². The molecule has 0 heterocycles. The van der Waals surface area contributed by atoms with E-state index < -0.39 is 11.9 Å². The van der Waals surface area contributed by atoms with Gasteiger partial charge in [0.05, 0.1) is 11.9 Å². The maximum Gasteiger partial charge on any atom is 2.00 e. The summed E-state index contributed by atoms with van der Waals surface area (Å²) in [7, 11) is 0. The topological polar surface area (TPSA) is 80.3 Å². The van der Waals surface area contributed by atoms with Crippen molar-refractivity contribution in [3.8, 4) is 0 Å². The zero-order valence-corrected chi connectivity index (χ0v) is 9.62. The molecule has 0 atom stereocenters. The zero-order chi connectivity index (χ0) is 9.14. The Bertz CT molecular complexity index is 302. The molecule has 1 rings (SSSR count). The van der Waals surface area contributed by atoms with Crippen molar-refractivity contribution in [2.75, 3.05) is 0 Å². The number of carbonyl (C=O) groups excluding carboxylic acids is 2. The summed E-state index contributed by atoms with van der Waals surface area (Å²) in [5.41, 5.74) is -0.727. The summed E-state index contributed by atoms with van der Waals surface area (Å²) >= 11 is 0. The van der Waals surface area contributed by atoms with Crippen LogP contribution in [0.1, 0.15) is 20.7 Å². The Morgan fingerprint density at radius 1 is 0.923 bits per heavy atom. The van der Waals surface area contributed by atoms with Crippen LogP contribution in [0.15, 0.2) is 24.3 Å². The molecule has 5 heteroatoms. The number of aromatic carboxylic acids is 2. The monoisotopic (exact) mass is 228 g/mol. The molecule has 62 valence electrons. The summed E-state index contributed by atoms with van der Waals surface area (Å²) in [5.74, 6) is -3.04. The molecule has 0 spiro atoms. The summed E-state index contributed by atoms with van der Waals surface area (Å²) in [6.07, 6.45) is 0. The first-order valence-corrected chi connectivity index (χ1v) is 3.14. The Hall–Kier alpha value is -1.22. The summed E-state index contributed by atoms with van der Waals surface area (Å²) < 4.78 is 0. The van der Waals surface area contributed by atoms with E-state index in [1.807, 2.05) is 0 Å². The molecule has 0 aliphatic heterocycles. The summed E-state index contributed by atoms with van der Waals surface area (Å²) in [6.45, 7) is 0. The average molecular weight is 230 g/mol. The van der Waals surface area contributed by atoms with Crippen molar-refractivity contribution < 1.29 is 39.3 Å². The molecule has 13 heavy (non-hydrogen) atoms. The Kier molecular flexibility index (Phi) is 4.28. The molecule has 0 aliphatic carbocycles. The second kappa shape index (κ2) is 4.72. The van der Waals surface area contributed by atoms with Crippen LogP contribution in [0.5, 0.6) is 0 Å². The molecule has 0 unspecified atom stereocenters. The minimum atomic E-state index is -1.52. The summed E-state index contributed by atoms with van der Waals surface area (Å²) in [5, 5.41) is 20.6.